The molecule has 1 N–H and O–H groups in total. The number of hydrogen-bond donors (Lipinski definition) is 1. The van der Waals surface area contributed by atoms with E-state index < -0.39 is 5.82 Å². The molecule has 3 rings (SSSR count). The average molecular weight is 404 g/mol. The molecular formula is C21H23ClFN3O2. The van der Waals surface area contributed by atoms with Crippen molar-refractivity contribution in [2.45, 2.75) is 13.0 Å². The first-order chi connectivity index (χ1) is 13.5. The van der Waals surface area contributed by atoms with Gasteiger partial charge in [0.25, 0.3) is 0 Å². The van der Waals surface area contributed by atoms with E-state index in [1.807, 2.05) is 35.2 Å². The van der Waals surface area contributed by atoms with Gasteiger partial charge in [-0.15, -0.1) is 0 Å². The van der Waals surface area contributed by atoms with Crippen molar-refractivity contribution in [3.63, 3.8) is 0 Å². The van der Waals surface area contributed by atoms with Crippen molar-refractivity contribution >= 4 is 23.4 Å². The fourth-order valence-corrected chi connectivity index (χ4v) is 3.40. The molecule has 28 heavy (non-hydrogen) atoms. The number of rotatable bonds is 6. The number of amides is 2. The van der Waals surface area contributed by atoms with Crippen LogP contribution >= 0.6 is 11.6 Å². The molecule has 0 unspecified atom stereocenters. The van der Waals surface area contributed by atoms with Crippen molar-refractivity contribution < 1.29 is 14.0 Å². The summed E-state index contributed by atoms with van der Waals surface area (Å²) in [6.45, 7) is 3.04. The van der Waals surface area contributed by atoms with Crippen LogP contribution in [0.2, 0.25) is 5.02 Å². The van der Waals surface area contributed by atoms with E-state index in [0.29, 0.717) is 39.3 Å². The minimum absolute atomic E-state index is 0.0400. The Labute approximate surface area is 169 Å². The molecule has 0 saturated carbocycles. The number of benzene rings is 2. The number of nitrogens with zero attached hydrogens (tertiary/aromatic N) is 2. The maximum Gasteiger partial charge on any atom is 0.234 e. The maximum absolute atomic E-state index is 13.9. The third-order valence-electron chi connectivity index (χ3n) is 4.81. The van der Waals surface area contributed by atoms with Crippen molar-refractivity contribution in [2.24, 2.45) is 0 Å². The van der Waals surface area contributed by atoms with Gasteiger partial charge in [-0.3, -0.25) is 14.5 Å². The predicted octanol–water partition coefficient (Wildman–Crippen LogP) is 2.48. The van der Waals surface area contributed by atoms with Gasteiger partial charge in [-0.05, 0) is 17.7 Å². The minimum atomic E-state index is -0.463. The number of carbonyl (C=O) groups is 2. The highest BCUT2D eigenvalue weighted by atomic mass is 35.5. The highest BCUT2D eigenvalue weighted by Gasteiger charge is 2.23. The smallest absolute Gasteiger partial charge is 0.234 e. The summed E-state index contributed by atoms with van der Waals surface area (Å²) < 4.78 is 13.9. The van der Waals surface area contributed by atoms with E-state index >= 15 is 0 Å². The first-order valence-electron chi connectivity index (χ1n) is 9.26. The van der Waals surface area contributed by atoms with Gasteiger partial charge >= 0.3 is 0 Å². The van der Waals surface area contributed by atoms with Gasteiger partial charge in [-0.1, -0.05) is 48.0 Å². The van der Waals surface area contributed by atoms with Crippen molar-refractivity contribution in [3.8, 4) is 0 Å². The van der Waals surface area contributed by atoms with E-state index in [9.17, 15) is 14.0 Å². The lowest BCUT2D eigenvalue weighted by molar-refractivity contribution is -0.132. The molecule has 2 amide bonds. The van der Waals surface area contributed by atoms with E-state index in [1.165, 1.54) is 12.1 Å². The topological polar surface area (TPSA) is 52.7 Å². The molecule has 0 bridgehead atoms. The second-order valence-electron chi connectivity index (χ2n) is 6.80. The fourth-order valence-electron chi connectivity index (χ4n) is 3.18. The molecule has 148 valence electrons. The monoisotopic (exact) mass is 403 g/mol. The number of hydrogen-bond acceptors (Lipinski definition) is 3. The van der Waals surface area contributed by atoms with Gasteiger partial charge in [0, 0.05) is 43.3 Å². The molecule has 0 spiro atoms. The fraction of sp³-hybridized carbons (Fsp3) is 0.333. The normalized spacial score (nSPS) is 14.7. The first-order valence-corrected chi connectivity index (χ1v) is 9.64. The highest BCUT2D eigenvalue weighted by Crippen LogP contribution is 2.20. The number of piperazine rings is 1. The summed E-state index contributed by atoms with van der Waals surface area (Å²) in [6, 6.07) is 14.1. The Morgan fingerprint density at radius 2 is 1.71 bits per heavy atom. The van der Waals surface area contributed by atoms with E-state index in [-0.39, 0.29) is 28.8 Å². The highest BCUT2D eigenvalue weighted by molar-refractivity contribution is 6.31. The molecule has 2 aromatic carbocycles. The number of halogens is 2. The zero-order chi connectivity index (χ0) is 19.9. The van der Waals surface area contributed by atoms with Crippen LogP contribution in [-0.4, -0.2) is 54.3 Å². The molecule has 1 heterocycles. The molecule has 1 aliphatic rings. The van der Waals surface area contributed by atoms with Crippen molar-refractivity contribution in [2.75, 3.05) is 32.7 Å². The molecule has 0 aromatic heterocycles. The summed E-state index contributed by atoms with van der Waals surface area (Å²) in [5, 5.41) is 3.17. The van der Waals surface area contributed by atoms with Crippen LogP contribution in [0.25, 0.3) is 0 Å². The molecule has 2 aromatic rings. The summed E-state index contributed by atoms with van der Waals surface area (Å²) in [6.07, 6.45) is -0.0525. The second kappa shape index (κ2) is 9.66. The zero-order valence-corrected chi connectivity index (χ0v) is 16.3. The Balaban J connectivity index is 1.42. The Kier molecular flexibility index (Phi) is 7.01. The van der Waals surface area contributed by atoms with E-state index in [0.717, 1.165) is 5.56 Å². The van der Waals surface area contributed by atoms with Crippen LogP contribution in [-0.2, 0) is 22.6 Å². The lowest BCUT2D eigenvalue weighted by Gasteiger charge is -2.34. The third-order valence-corrected chi connectivity index (χ3v) is 5.17. The molecule has 1 fully saturated rings. The molecule has 7 heteroatoms. The molecule has 1 saturated heterocycles. The van der Waals surface area contributed by atoms with Crippen LogP contribution < -0.4 is 5.32 Å². The van der Waals surface area contributed by atoms with Crippen LogP contribution in [0, 0.1) is 5.82 Å². The zero-order valence-electron chi connectivity index (χ0n) is 15.5. The van der Waals surface area contributed by atoms with Crippen molar-refractivity contribution in [1.29, 1.82) is 0 Å². The van der Waals surface area contributed by atoms with Crippen LogP contribution in [0.1, 0.15) is 11.1 Å². The van der Waals surface area contributed by atoms with E-state index in [1.54, 1.807) is 11.0 Å². The van der Waals surface area contributed by atoms with Crippen molar-refractivity contribution in [1.82, 2.24) is 15.1 Å². The third kappa shape index (κ3) is 5.53. The van der Waals surface area contributed by atoms with Crippen LogP contribution in [0.15, 0.2) is 48.5 Å². The molecule has 1 aliphatic heterocycles. The predicted molar refractivity (Wildman–Crippen MR) is 106 cm³/mol. The van der Waals surface area contributed by atoms with Gasteiger partial charge in [-0.2, -0.15) is 0 Å². The van der Waals surface area contributed by atoms with E-state index in [2.05, 4.69) is 5.32 Å². The largest absolute Gasteiger partial charge is 0.351 e. The van der Waals surface area contributed by atoms with Gasteiger partial charge < -0.3 is 10.2 Å². The lowest BCUT2D eigenvalue weighted by Crippen LogP contribution is -2.51. The van der Waals surface area contributed by atoms with Crippen LogP contribution in [0.5, 0.6) is 0 Å². The molecule has 0 atom stereocenters. The first kappa shape index (κ1) is 20.3. The summed E-state index contributed by atoms with van der Waals surface area (Å²) in [4.78, 5) is 28.3. The van der Waals surface area contributed by atoms with Gasteiger partial charge in [0.05, 0.1) is 13.0 Å². The second-order valence-corrected chi connectivity index (χ2v) is 7.20. The number of carbonyl (C=O) groups excluding carboxylic acids is 2. The standard InChI is InChI=1S/C21H23ClFN3O2/c22-18-7-4-8-19(23)17(18)13-21(28)26-11-9-25(10-12-26)15-20(27)24-14-16-5-2-1-3-6-16/h1-8H,9-15H2,(H,24,27). The SMILES string of the molecule is O=C(CN1CCN(C(=O)Cc2c(F)cccc2Cl)CC1)NCc1ccccc1. The van der Waals surface area contributed by atoms with E-state index in [4.69, 9.17) is 11.6 Å². The summed E-state index contributed by atoms with van der Waals surface area (Å²) in [5.41, 5.74) is 1.29. The van der Waals surface area contributed by atoms with Gasteiger partial charge in [0.15, 0.2) is 0 Å². The number of nitrogens with one attached hydrogen (secondary N) is 1. The molecule has 0 aliphatic carbocycles. The summed E-state index contributed by atoms with van der Waals surface area (Å²) >= 11 is 6.00. The minimum Gasteiger partial charge on any atom is -0.351 e. The molecular weight excluding hydrogens is 381 g/mol. The Bertz CT molecular complexity index is 803. The lowest BCUT2D eigenvalue weighted by atomic mass is 10.1. The Hall–Kier alpha value is -2.44. The van der Waals surface area contributed by atoms with Crippen LogP contribution in [0.4, 0.5) is 4.39 Å². The summed E-state index contributed by atoms with van der Waals surface area (Å²) in [7, 11) is 0. The average Bonchev–Trinajstić information content (AvgIpc) is 2.70. The van der Waals surface area contributed by atoms with Gasteiger partial charge in [-0.25, -0.2) is 4.39 Å². The Morgan fingerprint density at radius 3 is 2.39 bits per heavy atom. The molecule has 0 radical (unpaired) electrons. The van der Waals surface area contributed by atoms with Gasteiger partial charge in [0.2, 0.25) is 11.8 Å². The van der Waals surface area contributed by atoms with Crippen LogP contribution in [0.3, 0.4) is 0 Å². The molecule has 5 nitrogen and oxygen atoms in total. The maximum atomic E-state index is 13.9. The van der Waals surface area contributed by atoms with Gasteiger partial charge in [0.1, 0.15) is 5.82 Å². The summed E-state index contributed by atoms with van der Waals surface area (Å²) in [5.74, 6) is -0.656. The Morgan fingerprint density at radius 1 is 1.00 bits per heavy atom. The quantitative estimate of drug-likeness (QED) is 0.806. The van der Waals surface area contributed by atoms with Crippen molar-refractivity contribution in [3.05, 3.63) is 70.5 Å².